The van der Waals surface area contributed by atoms with Crippen molar-refractivity contribution in [2.24, 2.45) is 0 Å². The van der Waals surface area contributed by atoms with Crippen LogP contribution >= 0.6 is 0 Å². The van der Waals surface area contributed by atoms with Gasteiger partial charge in [0.25, 0.3) is 0 Å². The Balaban J connectivity index is 2.51. The summed E-state index contributed by atoms with van der Waals surface area (Å²) in [5, 5.41) is 0. The molecule has 0 saturated carbocycles. The molecule has 0 aliphatic heterocycles. The van der Waals surface area contributed by atoms with Gasteiger partial charge in [0, 0.05) is 0 Å². The van der Waals surface area contributed by atoms with Gasteiger partial charge in [-0.15, -0.1) is 0 Å². The molecule has 1 aromatic rings. The fourth-order valence-electron chi connectivity index (χ4n) is 2.10. The molecule has 0 heterocycles. The zero-order valence-corrected chi connectivity index (χ0v) is 8.59. The highest BCUT2D eigenvalue weighted by Gasteiger charge is 2.14. The zero-order chi connectivity index (χ0) is 9.42. The van der Waals surface area contributed by atoms with Gasteiger partial charge < -0.3 is 0 Å². The highest BCUT2D eigenvalue weighted by molar-refractivity contribution is 5.65. The van der Waals surface area contributed by atoms with Crippen LogP contribution in [0.5, 0.6) is 0 Å². The molecule has 0 heteroatoms. The van der Waals surface area contributed by atoms with Crippen LogP contribution in [0.15, 0.2) is 23.8 Å². The van der Waals surface area contributed by atoms with Crippen LogP contribution in [0, 0.1) is 0 Å². The van der Waals surface area contributed by atoms with Crippen molar-refractivity contribution in [1.29, 1.82) is 0 Å². The van der Waals surface area contributed by atoms with E-state index in [0.717, 1.165) is 6.42 Å². The van der Waals surface area contributed by atoms with Crippen LogP contribution in [0.25, 0.3) is 6.08 Å². The van der Waals surface area contributed by atoms with Crippen molar-refractivity contribution in [3.05, 3.63) is 40.5 Å². The van der Waals surface area contributed by atoms with Gasteiger partial charge >= 0.3 is 0 Å². The summed E-state index contributed by atoms with van der Waals surface area (Å²) in [6, 6.07) is 6.65. The van der Waals surface area contributed by atoms with Crippen molar-refractivity contribution >= 4 is 6.08 Å². The fourth-order valence-corrected chi connectivity index (χ4v) is 2.10. The SMILES string of the molecule is CC1=Cc2cccc(C(C)C)c2C1. The first-order chi connectivity index (χ1) is 6.18. The maximum atomic E-state index is 2.31. The molecule has 0 fully saturated rings. The predicted octanol–water partition coefficient (Wildman–Crippen LogP) is 3.77. The minimum atomic E-state index is 0.647. The molecule has 0 atom stereocenters. The first-order valence-electron chi connectivity index (χ1n) is 4.97. The van der Waals surface area contributed by atoms with E-state index in [1.165, 1.54) is 16.7 Å². The maximum absolute atomic E-state index is 2.31. The van der Waals surface area contributed by atoms with E-state index in [2.05, 4.69) is 45.0 Å². The second kappa shape index (κ2) is 3.02. The van der Waals surface area contributed by atoms with Gasteiger partial charge in [0.2, 0.25) is 0 Å². The lowest BCUT2D eigenvalue weighted by Gasteiger charge is -2.11. The Morgan fingerprint density at radius 2 is 2.00 bits per heavy atom. The van der Waals surface area contributed by atoms with Gasteiger partial charge in [0.1, 0.15) is 0 Å². The second-order valence-electron chi connectivity index (χ2n) is 4.24. The Hall–Kier alpha value is -1.04. The Labute approximate surface area is 80.3 Å². The molecule has 0 radical (unpaired) electrons. The quantitative estimate of drug-likeness (QED) is 0.605. The zero-order valence-electron chi connectivity index (χ0n) is 8.59. The lowest BCUT2D eigenvalue weighted by Crippen LogP contribution is -1.95. The number of fused-ring (bicyclic) bond motifs is 1. The molecule has 0 aromatic heterocycles. The molecular formula is C13H16. The summed E-state index contributed by atoms with van der Waals surface area (Å²) in [5.74, 6) is 0.647. The summed E-state index contributed by atoms with van der Waals surface area (Å²) in [6.07, 6.45) is 3.46. The molecule has 0 nitrogen and oxygen atoms in total. The Morgan fingerprint density at radius 1 is 1.23 bits per heavy atom. The van der Waals surface area contributed by atoms with Gasteiger partial charge in [-0.1, -0.05) is 43.7 Å². The molecule has 0 amide bonds. The number of hydrogen-bond acceptors (Lipinski definition) is 0. The maximum Gasteiger partial charge on any atom is -0.00578 e. The van der Waals surface area contributed by atoms with Crippen LogP contribution in [-0.4, -0.2) is 0 Å². The summed E-state index contributed by atoms with van der Waals surface area (Å²) in [7, 11) is 0. The van der Waals surface area contributed by atoms with Gasteiger partial charge in [-0.2, -0.15) is 0 Å². The molecule has 68 valence electrons. The van der Waals surface area contributed by atoms with Crippen molar-refractivity contribution in [3.8, 4) is 0 Å². The normalized spacial score (nSPS) is 14.6. The first-order valence-corrected chi connectivity index (χ1v) is 4.97. The van der Waals surface area contributed by atoms with E-state index in [-0.39, 0.29) is 0 Å². The molecule has 0 bridgehead atoms. The summed E-state index contributed by atoms with van der Waals surface area (Å²) in [4.78, 5) is 0. The lowest BCUT2D eigenvalue weighted by molar-refractivity contribution is 0.849. The number of benzene rings is 1. The molecule has 1 aliphatic rings. The van der Waals surface area contributed by atoms with E-state index >= 15 is 0 Å². The average molecular weight is 172 g/mol. The van der Waals surface area contributed by atoms with E-state index in [9.17, 15) is 0 Å². The standard InChI is InChI=1S/C13H16/c1-9(2)12-6-4-5-11-7-10(3)8-13(11)12/h4-7,9H,8H2,1-3H3. The van der Waals surface area contributed by atoms with Crippen LogP contribution in [-0.2, 0) is 6.42 Å². The summed E-state index contributed by atoms with van der Waals surface area (Å²) >= 11 is 0. The van der Waals surface area contributed by atoms with E-state index in [0.29, 0.717) is 5.92 Å². The second-order valence-corrected chi connectivity index (χ2v) is 4.24. The van der Waals surface area contributed by atoms with Crippen molar-refractivity contribution in [2.75, 3.05) is 0 Å². The van der Waals surface area contributed by atoms with Crippen molar-refractivity contribution in [2.45, 2.75) is 33.1 Å². The van der Waals surface area contributed by atoms with Gasteiger partial charge in [0.15, 0.2) is 0 Å². The number of allylic oxidation sites excluding steroid dienone is 1. The van der Waals surface area contributed by atoms with Crippen LogP contribution < -0.4 is 0 Å². The van der Waals surface area contributed by atoms with Crippen molar-refractivity contribution in [3.63, 3.8) is 0 Å². The van der Waals surface area contributed by atoms with Gasteiger partial charge in [0.05, 0.1) is 0 Å². The summed E-state index contributed by atoms with van der Waals surface area (Å²) in [5.41, 5.74) is 5.99. The van der Waals surface area contributed by atoms with Crippen LogP contribution in [0.2, 0.25) is 0 Å². The molecule has 0 saturated heterocycles. The molecule has 2 rings (SSSR count). The topological polar surface area (TPSA) is 0 Å². The summed E-state index contributed by atoms with van der Waals surface area (Å²) < 4.78 is 0. The highest BCUT2D eigenvalue weighted by atomic mass is 14.2. The largest absolute Gasteiger partial charge is 0.0683 e. The molecule has 0 N–H and O–H groups in total. The third kappa shape index (κ3) is 1.41. The smallest absolute Gasteiger partial charge is 0.00578 e. The van der Waals surface area contributed by atoms with E-state index in [4.69, 9.17) is 0 Å². The average Bonchev–Trinajstić information content (AvgIpc) is 2.43. The fraction of sp³-hybridized carbons (Fsp3) is 0.385. The van der Waals surface area contributed by atoms with E-state index in [1.54, 1.807) is 5.56 Å². The third-order valence-electron chi connectivity index (χ3n) is 2.73. The van der Waals surface area contributed by atoms with Crippen molar-refractivity contribution < 1.29 is 0 Å². The molecule has 0 spiro atoms. The molecule has 1 aromatic carbocycles. The number of rotatable bonds is 1. The van der Waals surface area contributed by atoms with E-state index < -0.39 is 0 Å². The van der Waals surface area contributed by atoms with Crippen LogP contribution in [0.4, 0.5) is 0 Å². The molecule has 1 aliphatic carbocycles. The molecule has 13 heavy (non-hydrogen) atoms. The monoisotopic (exact) mass is 172 g/mol. The van der Waals surface area contributed by atoms with Gasteiger partial charge in [-0.3, -0.25) is 0 Å². The third-order valence-corrected chi connectivity index (χ3v) is 2.73. The Bertz CT molecular complexity index is 356. The predicted molar refractivity (Wildman–Crippen MR) is 57.9 cm³/mol. The Morgan fingerprint density at radius 3 is 2.69 bits per heavy atom. The van der Waals surface area contributed by atoms with E-state index in [1.807, 2.05) is 0 Å². The minimum absolute atomic E-state index is 0.647. The highest BCUT2D eigenvalue weighted by Crippen LogP contribution is 2.31. The molecule has 0 unspecified atom stereocenters. The number of hydrogen-bond donors (Lipinski definition) is 0. The van der Waals surface area contributed by atoms with Crippen LogP contribution in [0.1, 0.15) is 43.4 Å². The lowest BCUT2D eigenvalue weighted by atomic mass is 9.94. The minimum Gasteiger partial charge on any atom is -0.0683 e. The van der Waals surface area contributed by atoms with Gasteiger partial charge in [-0.25, -0.2) is 0 Å². The van der Waals surface area contributed by atoms with Crippen molar-refractivity contribution in [1.82, 2.24) is 0 Å². The Kier molecular flexibility index (Phi) is 1.99. The summed E-state index contributed by atoms with van der Waals surface area (Å²) in [6.45, 7) is 6.75. The molecular weight excluding hydrogens is 156 g/mol. The van der Waals surface area contributed by atoms with Crippen LogP contribution in [0.3, 0.4) is 0 Å². The first kappa shape index (κ1) is 8.55. The van der Waals surface area contributed by atoms with Gasteiger partial charge in [-0.05, 0) is 36.0 Å².